The van der Waals surface area contributed by atoms with Crippen LogP contribution in [0.25, 0.3) is 0 Å². The van der Waals surface area contributed by atoms with E-state index in [-0.39, 0.29) is 11.8 Å². The number of carbonyl (C=O) groups is 1. The van der Waals surface area contributed by atoms with Crippen molar-refractivity contribution in [2.75, 3.05) is 39.2 Å². The third-order valence-electron chi connectivity index (χ3n) is 5.94. The highest BCUT2D eigenvalue weighted by atomic mass is 19.4. The van der Waals surface area contributed by atoms with Gasteiger partial charge in [0, 0.05) is 24.7 Å². The fraction of sp³-hybridized carbons (Fsp3) is 0.400. The summed E-state index contributed by atoms with van der Waals surface area (Å²) in [6, 6.07) is 11.1. The maximum Gasteiger partial charge on any atom is 0.416 e. The van der Waals surface area contributed by atoms with Crippen molar-refractivity contribution in [3.05, 3.63) is 71.8 Å². The molecule has 172 valence electrons. The topological polar surface area (TPSA) is 32.8 Å². The van der Waals surface area contributed by atoms with Crippen LogP contribution in [-0.2, 0) is 17.4 Å². The van der Waals surface area contributed by atoms with E-state index < -0.39 is 17.7 Å². The van der Waals surface area contributed by atoms with Gasteiger partial charge in [0.25, 0.3) is 0 Å². The molecule has 1 amide bonds. The number of nitrogens with zero attached hydrogens (tertiary/aromatic N) is 2. The fourth-order valence-corrected chi connectivity index (χ4v) is 4.24. The number of amides is 1. The Hall–Kier alpha value is -2.80. The van der Waals surface area contributed by atoms with Crippen LogP contribution < -0.4 is 9.64 Å². The minimum Gasteiger partial charge on any atom is -0.497 e. The highest BCUT2D eigenvalue weighted by Crippen LogP contribution is 2.42. The molecule has 0 spiro atoms. The molecule has 0 saturated heterocycles. The van der Waals surface area contributed by atoms with Gasteiger partial charge in [0.05, 0.1) is 12.7 Å². The van der Waals surface area contributed by atoms with Crippen molar-refractivity contribution in [1.82, 2.24) is 4.90 Å². The van der Waals surface area contributed by atoms with Crippen molar-refractivity contribution in [2.24, 2.45) is 5.92 Å². The summed E-state index contributed by atoms with van der Waals surface area (Å²) in [4.78, 5) is 17.3. The zero-order valence-corrected chi connectivity index (χ0v) is 18.7. The van der Waals surface area contributed by atoms with Crippen LogP contribution in [0.2, 0.25) is 0 Å². The normalized spacial score (nSPS) is 19.0. The smallest absolute Gasteiger partial charge is 0.416 e. The molecule has 0 radical (unpaired) electrons. The Labute approximate surface area is 187 Å². The molecule has 0 fully saturated rings. The number of carbonyl (C=O) groups excluding carboxylic acids is 1. The summed E-state index contributed by atoms with van der Waals surface area (Å²) < 4.78 is 45.7. The zero-order valence-electron chi connectivity index (χ0n) is 18.7. The lowest BCUT2D eigenvalue weighted by Crippen LogP contribution is -2.41. The van der Waals surface area contributed by atoms with Crippen molar-refractivity contribution in [3.8, 4) is 5.75 Å². The van der Waals surface area contributed by atoms with Gasteiger partial charge in [0.2, 0.25) is 5.91 Å². The lowest BCUT2D eigenvalue weighted by atomic mass is 9.80. The van der Waals surface area contributed by atoms with Gasteiger partial charge in [-0.3, -0.25) is 4.79 Å². The van der Waals surface area contributed by atoms with Crippen LogP contribution in [0, 0.1) is 5.92 Å². The molecule has 0 aliphatic carbocycles. The van der Waals surface area contributed by atoms with Gasteiger partial charge in [0.15, 0.2) is 0 Å². The van der Waals surface area contributed by atoms with E-state index in [1.54, 1.807) is 18.1 Å². The first-order valence-corrected chi connectivity index (χ1v) is 10.6. The van der Waals surface area contributed by atoms with E-state index >= 15 is 0 Å². The van der Waals surface area contributed by atoms with E-state index in [0.717, 1.165) is 11.6 Å². The number of halogens is 3. The van der Waals surface area contributed by atoms with Gasteiger partial charge in [0.1, 0.15) is 5.75 Å². The molecule has 0 aromatic heterocycles. The summed E-state index contributed by atoms with van der Waals surface area (Å²) >= 11 is 0. The molecule has 1 aliphatic rings. The number of rotatable bonds is 7. The van der Waals surface area contributed by atoms with E-state index in [0.29, 0.717) is 42.9 Å². The number of fused-ring (bicyclic) bond motifs is 1. The lowest BCUT2D eigenvalue weighted by Gasteiger charge is -2.29. The summed E-state index contributed by atoms with van der Waals surface area (Å²) in [6.45, 7) is 4.82. The van der Waals surface area contributed by atoms with E-state index in [1.807, 2.05) is 43.3 Å². The lowest BCUT2D eigenvalue weighted by molar-refractivity contribution is -0.137. The summed E-state index contributed by atoms with van der Waals surface area (Å²) in [6.07, 6.45) is -1.97. The Balaban J connectivity index is 2.13. The Morgan fingerprint density at radius 2 is 1.88 bits per heavy atom. The van der Waals surface area contributed by atoms with Crippen LogP contribution >= 0.6 is 0 Å². The minimum atomic E-state index is -4.45. The molecule has 4 nitrogen and oxygen atoms in total. The van der Waals surface area contributed by atoms with Gasteiger partial charge in [-0.05, 0) is 74.3 Å². The van der Waals surface area contributed by atoms with Crippen molar-refractivity contribution >= 4 is 11.6 Å². The van der Waals surface area contributed by atoms with Gasteiger partial charge in [-0.15, -0.1) is 6.58 Å². The Morgan fingerprint density at radius 1 is 1.19 bits per heavy atom. The van der Waals surface area contributed by atoms with Crippen LogP contribution in [0.1, 0.15) is 29.0 Å². The average molecular weight is 447 g/mol. The van der Waals surface area contributed by atoms with Crippen molar-refractivity contribution < 1.29 is 22.7 Å². The van der Waals surface area contributed by atoms with E-state index in [2.05, 4.69) is 6.58 Å². The molecule has 2 aromatic rings. The molecular formula is C25H29F3N2O2. The Kier molecular flexibility index (Phi) is 7.29. The second kappa shape index (κ2) is 9.77. The average Bonchev–Trinajstić information content (AvgIpc) is 2.86. The maximum atomic E-state index is 13.7. The summed E-state index contributed by atoms with van der Waals surface area (Å²) in [5.74, 6) is -0.116. The van der Waals surface area contributed by atoms with E-state index in [9.17, 15) is 18.0 Å². The number of alkyl halides is 3. The van der Waals surface area contributed by atoms with Crippen LogP contribution in [0.3, 0.4) is 0 Å². The summed E-state index contributed by atoms with van der Waals surface area (Å²) in [5, 5.41) is 0. The number of hydrogen-bond acceptors (Lipinski definition) is 3. The van der Waals surface area contributed by atoms with Crippen molar-refractivity contribution in [2.45, 2.75) is 24.9 Å². The molecule has 0 N–H and O–H groups in total. The molecule has 1 aliphatic heterocycles. The van der Waals surface area contributed by atoms with Crippen molar-refractivity contribution in [3.63, 3.8) is 0 Å². The monoisotopic (exact) mass is 446 g/mol. The molecule has 32 heavy (non-hydrogen) atoms. The molecule has 3 rings (SSSR count). The predicted octanol–water partition coefficient (Wildman–Crippen LogP) is 5.14. The predicted molar refractivity (Wildman–Crippen MR) is 120 cm³/mol. The quantitative estimate of drug-likeness (QED) is 0.552. The van der Waals surface area contributed by atoms with E-state index in [1.165, 1.54) is 12.1 Å². The standard InChI is InChI=1S/C25H29F3N2O2/c1-5-6-21-22(17-7-10-20(32-4)11-8-17)16-18-15-19(25(26,27)28)9-12-23(18)30(24(21)31)14-13-29(2)3/h5,7-12,15,21-22H,1,6,13-14,16H2,2-4H3/t21-,22+/m1/s1. The second-order valence-corrected chi connectivity index (χ2v) is 8.35. The minimum absolute atomic E-state index is 0.0916. The number of ether oxygens (including phenoxy) is 1. The molecule has 1 heterocycles. The number of methoxy groups -OCH3 is 1. The van der Waals surface area contributed by atoms with E-state index in [4.69, 9.17) is 4.74 Å². The van der Waals surface area contributed by atoms with Gasteiger partial charge in [-0.2, -0.15) is 13.2 Å². The van der Waals surface area contributed by atoms with Gasteiger partial charge in [-0.1, -0.05) is 18.2 Å². The SMILES string of the molecule is C=CC[C@H]1C(=O)N(CCN(C)C)c2ccc(C(F)(F)F)cc2C[C@H]1c1ccc(OC)cc1. The first-order chi connectivity index (χ1) is 15.2. The molecule has 0 bridgehead atoms. The largest absolute Gasteiger partial charge is 0.497 e. The molecule has 2 atom stereocenters. The third kappa shape index (κ3) is 5.15. The molecule has 0 saturated carbocycles. The first kappa shape index (κ1) is 23.9. The van der Waals surface area contributed by atoms with Crippen molar-refractivity contribution in [1.29, 1.82) is 0 Å². The summed E-state index contributed by atoms with van der Waals surface area (Å²) in [7, 11) is 5.37. The third-order valence-corrected chi connectivity index (χ3v) is 5.94. The number of anilines is 1. The van der Waals surface area contributed by atoms with Crippen LogP contribution in [0.4, 0.5) is 18.9 Å². The van der Waals surface area contributed by atoms with Crippen LogP contribution in [0.5, 0.6) is 5.75 Å². The highest BCUT2D eigenvalue weighted by molar-refractivity contribution is 5.97. The molecule has 0 unspecified atom stereocenters. The Bertz CT molecular complexity index is 955. The van der Waals surface area contributed by atoms with Gasteiger partial charge in [-0.25, -0.2) is 0 Å². The highest BCUT2D eigenvalue weighted by Gasteiger charge is 2.39. The number of likely N-dealkylation sites (N-methyl/N-ethyl adjacent to an activating group) is 1. The molecular weight excluding hydrogens is 417 g/mol. The molecule has 7 heteroatoms. The zero-order chi connectivity index (χ0) is 23.5. The second-order valence-electron chi connectivity index (χ2n) is 8.35. The van der Waals surface area contributed by atoms with Crippen LogP contribution in [-0.4, -0.2) is 45.1 Å². The van der Waals surface area contributed by atoms with Gasteiger partial charge < -0.3 is 14.5 Å². The number of hydrogen-bond donors (Lipinski definition) is 0. The van der Waals surface area contributed by atoms with Gasteiger partial charge >= 0.3 is 6.18 Å². The first-order valence-electron chi connectivity index (χ1n) is 10.6. The van der Waals surface area contributed by atoms with Crippen LogP contribution in [0.15, 0.2) is 55.1 Å². The number of allylic oxidation sites excluding steroid dienone is 1. The Morgan fingerprint density at radius 3 is 2.44 bits per heavy atom. The fourth-order valence-electron chi connectivity index (χ4n) is 4.24. The molecule has 2 aromatic carbocycles. The maximum absolute atomic E-state index is 13.7. The number of benzene rings is 2. The summed E-state index contributed by atoms with van der Waals surface area (Å²) in [5.41, 5.74) is 1.27.